The lowest BCUT2D eigenvalue weighted by Crippen LogP contribution is -2.36. The van der Waals surface area contributed by atoms with Gasteiger partial charge in [0.1, 0.15) is 18.1 Å². The molecule has 1 aliphatic rings. The smallest absolute Gasteiger partial charge is 0.127 e. The van der Waals surface area contributed by atoms with E-state index in [2.05, 4.69) is 18.9 Å². The van der Waals surface area contributed by atoms with Gasteiger partial charge in [-0.25, -0.2) is 0 Å². The molecule has 1 aromatic carbocycles. The van der Waals surface area contributed by atoms with Crippen molar-refractivity contribution in [2.75, 3.05) is 27.4 Å². The normalized spacial score (nSPS) is 20.1. The van der Waals surface area contributed by atoms with Crippen molar-refractivity contribution in [3.8, 4) is 11.5 Å². The number of rotatable bonds is 4. The number of hydrogen-bond donors (Lipinski definition) is 1. The number of hydrogen-bond acceptors (Lipinski definition) is 4. The Morgan fingerprint density at radius 2 is 2.35 bits per heavy atom. The highest BCUT2D eigenvalue weighted by molar-refractivity contribution is 5.44. The van der Waals surface area contributed by atoms with E-state index in [1.807, 2.05) is 6.07 Å². The minimum Gasteiger partial charge on any atom is -0.508 e. The van der Waals surface area contributed by atoms with Crippen LogP contribution in [-0.2, 0) is 4.74 Å². The number of benzene rings is 1. The summed E-state index contributed by atoms with van der Waals surface area (Å²) in [6, 6.07) is 5.86. The van der Waals surface area contributed by atoms with Crippen LogP contribution in [0.25, 0.3) is 0 Å². The maximum absolute atomic E-state index is 9.40. The average molecular weight is 237 g/mol. The molecule has 1 heterocycles. The third-order valence-electron chi connectivity index (χ3n) is 3.35. The zero-order valence-corrected chi connectivity index (χ0v) is 10.5. The van der Waals surface area contributed by atoms with E-state index in [0.29, 0.717) is 19.3 Å². The Labute approximate surface area is 102 Å². The number of ether oxygens (including phenoxy) is 2. The summed E-state index contributed by atoms with van der Waals surface area (Å²) in [5.41, 5.74) is 1.13. The second-order valence-electron chi connectivity index (χ2n) is 4.52. The Morgan fingerprint density at radius 1 is 1.59 bits per heavy atom. The highest BCUT2D eigenvalue weighted by Crippen LogP contribution is 2.38. The van der Waals surface area contributed by atoms with Crippen LogP contribution in [0.1, 0.15) is 18.5 Å². The summed E-state index contributed by atoms with van der Waals surface area (Å²) >= 11 is 0. The number of likely N-dealkylation sites (N-methyl/N-ethyl adjacent to an activating group) is 1. The lowest BCUT2D eigenvalue weighted by molar-refractivity contribution is 0.0805. The van der Waals surface area contributed by atoms with Crippen LogP contribution in [-0.4, -0.2) is 43.4 Å². The van der Waals surface area contributed by atoms with Gasteiger partial charge in [0.2, 0.25) is 0 Å². The predicted octanol–water partition coefficient (Wildman–Crippen LogP) is 1.79. The topological polar surface area (TPSA) is 41.9 Å². The summed E-state index contributed by atoms with van der Waals surface area (Å²) in [5, 5.41) is 9.40. The van der Waals surface area contributed by atoms with E-state index in [1.54, 1.807) is 19.2 Å². The van der Waals surface area contributed by atoms with Crippen molar-refractivity contribution >= 4 is 0 Å². The summed E-state index contributed by atoms with van der Waals surface area (Å²) in [6.45, 7) is 3.45. The molecule has 4 nitrogen and oxygen atoms in total. The summed E-state index contributed by atoms with van der Waals surface area (Å²) in [6.07, 6.45) is 0. The molecule has 2 rings (SSSR count). The third kappa shape index (κ3) is 2.37. The third-order valence-corrected chi connectivity index (χ3v) is 3.35. The standard InChI is InChI=1S/C13H19NO3/c1-9(7-16-3)14(2)12-8-17-13-6-10(15)4-5-11(12)13/h4-6,9,12,15H,7-8H2,1-3H3. The van der Waals surface area contributed by atoms with Gasteiger partial charge >= 0.3 is 0 Å². The molecule has 1 aromatic rings. The molecular formula is C13H19NO3. The fourth-order valence-electron chi connectivity index (χ4n) is 2.18. The van der Waals surface area contributed by atoms with E-state index in [4.69, 9.17) is 9.47 Å². The fourth-order valence-corrected chi connectivity index (χ4v) is 2.18. The fraction of sp³-hybridized carbons (Fsp3) is 0.538. The monoisotopic (exact) mass is 237 g/mol. The summed E-state index contributed by atoms with van der Waals surface area (Å²) in [7, 11) is 3.78. The van der Waals surface area contributed by atoms with Crippen molar-refractivity contribution < 1.29 is 14.6 Å². The molecule has 0 amide bonds. The molecule has 0 radical (unpaired) electrons. The van der Waals surface area contributed by atoms with Crippen LogP contribution >= 0.6 is 0 Å². The molecule has 0 spiro atoms. The van der Waals surface area contributed by atoms with E-state index < -0.39 is 0 Å². The molecular weight excluding hydrogens is 218 g/mol. The lowest BCUT2D eigenvalue weighted by atomic mass is 10.1. The van der Waals surface area contributed by atoms with Gasteiger partial charge in [0, 0.05) is 24.8 Å². The van der Waals surface area contributed by atoms with Crippen molar-refractivity contribution in [1.82, 2.24) is 4.90 Å². The van der Waals surface area contributed by atoms with Gasteiger partial charge < -0.3 is 14.6 Å². The van der Waals surface area contributed by atoms with Gasteiger partial charge in [-0.05, 0) is 26.1 Å². The molecule has 2 atom stereocenters. The largest absolute Gasteiger partial charge is 0.508 e. The van der Waals surface area contributed by atoms with E-state index in [-0.39, 0.29) is 11.8 Å². The molecule has 0 aliphatic carbocycles. The maximum Gasteiger partial charge on any atom is 0.127 e. The first-order valence-electron chi connectivity index (χ1n) is 5.80. The van der Waals surface area contributed by atoms with Gasteiger partial charge in [-0.2, -0.15) is 0 Å². The maximum atomic E-state index is 9.40. The molecule has 94 valence electrons. The van der Waals surface area contributed by atoms with Crippen LogP contribution in [0.15, 0.2) is 18.2 Å². The zero-order chi connectivity index (χ0) is 12.4. The molecule has 1 aliphatic heterocycles. The van der Waals surface area contributed by atoms with Crippen molar-refractivity contribution in [2.24, 2.45) is 0 Å². The van der Waals surface area contributed by atoms with Gasteiger partial charge in [0.25, 0.3) is 0 Å². The van der Waals surface area contributed by atoms with Gasteiger partial charge in [0.05, 0.1) is 12.6 Å². The molecule has 0 aromatic heterocycles. The summed E-state index contributed by atoms with van der Waals surface area (Å²) in [4.78, 5) is 2.24. The van der Waals surface area contributed by atoms with Crippen LogP contribution in [0, 0.1) is 0 Å². The first kappa shape index (κ1) is 12.2. The Balaban J connectivity index is 2.16. The first-order valence-corrected chi connectivity index (χ1v) is 5.80. The van der Waals surface area contributed by atoms with E-state index in [1.165, 1.54) is 0 Å². The van der Waals surface area contributed by atoms with E-state index >= 15 is 0 Å². The van der Waals surface area contributed by atoms with Crippen LogP contribution in [0.4, 0.5) is 0 Å². The van der Waals surface area contributed by atoms with Crippen molar-refractivity contribution in [3.05, 3.63) is 23.8 Å². The van der Waals surface area contributed by atoms with E-state index in [9.17, 15) is 5.11 Å². The molecule has 0 bridgehead atoms. The SMILES string of the molecule is COCC(C)N(C)C1COc2cc(O)ccc21. The molecule has 0 fully saturated rings. The van der Waals surface area contributed by atoms with Crippen LogP contribution in [0.3, 0.4) is 0 Å². The summed E-state index contributed by atoms with van der Waals surface area (Å²) in [5.74, 6) is 1.03. The van der Waals surface area contributed by atoms with E-state index in [0.717, 1.165) is 11.3 Å². The van der Waals surface area contributed by atoms with Crippen LogP contribution in [0.5, 0.6) is 11.5 Å². The lowest BCUT2D eigenvalue weighted by Gasteiger charge is -2.29. The molecule has 4 heteroatoms. The highest BCUT2D eigenvalue weighted by Gasteiger charge is 2.30. The Kier molecular flexibility index (Phi) is 3.54. The number of phenols is 1. The average Bonchev–Trinajstić information content (AvgIpc) is 2.71. The Morgan fingerprint density at radius 3 is 3.06 bits per heavy atom. The minimum absolute atomic E-state index is 0.232. The second kappa shape index (κ2) is 4.94. The Bertz CT molecular complexity index is 394. The van der Waals surface area contributed by atoms with Crippen molar-refractivity contribution in [1.29, 1.82) is 0 Å². The second-order valence-corrected chi connectivity index (χ2v) is 4.52. The zero-order valence-electron chi connectivity index (χ0n) is 10.5. The quantitative estimate of drug-likeness (QED) is 0.867. The minimum atomic E-state index is 0.232. The van der Waals surface area contributed by atoms with Crippen LogP contribution < -0.4 is 4.74 Å². The number of fused-ring (bicyclic) bond motifs is 1. The molecule has 0 saturated heterocycles. The number of methoxy groups -OCH3 is 1. The van der Waals surface area contributed by atoms with Crippen LogP contribution in [0.2, 0.25) is 0 Å². The molecule has 17 heavy (non-hydrogen) atoms. The first-order chi connectivity index (χ1) is 8.13. The van der Waals surface area contributed by atoms with Crippen molar-refractivity contribution in [2.45, 2.75) is 19.0 Å². The van der Waals surface area contributed by atoms with Gasteiger partial charge in [0.15, 0.2) is 0 Å². The Hall–Kier alpha value is -1.26. The molecule has 0 saturated carbocycles. The number of aromatic hydroxyl groups is 1. The molecule has 1 N–H and O–H groups in total. The van der Waals surface area contributed by atoms with Gasteiger partial charge in [-0.15, -0.1) is 0 Å². The van der Waals surface area contributed by atoms with Gasteiger partial charge in [-0.1, -0.05) is 0 Å². The predicted molar refractivity (Wildman–Crippen MR) is 65.4 cm³/mol. The number of nitrogens with zero attached hydrogens (tertiary/aromatic N) is 1. The summed E-state index contributed by atoms with van der Waals surface area (Å²) < 4.78 is 10.8. The van der Waals surface area contributed by atoms with Gasteiger partial charge in [-0.3, -0.25) is 4.90 Å². The number of phenolic OH excluding ortho intramolecular Hbond substituents is 1. The highest BCUT2D eigenvalue weighted by atomic mass is 16.5. The molecule has 2 unspecified atom stereocenters. The van der Waals surface area contributed by atoms with Crippen molar-refractivity contribution in [3.63, 3.8) is 0 Å².